The normalized spacial score (nSPS) is 19.6. The van der Waals surface area contributed by atoms with Crippen LogP contribution in [0.5, 0.6) is 0 Å². The summed E-state index contributed by atoms with van der Waals surface area (Å²) in [6, 6.07) is 7.68. The number of fused-ring (bicyclic) bond motifs is 1. The van der Waals surface area contributed by atoms with E-state index in [-0.39, 0.29) is 18.4 Å². The van der Waals surface area contributed by atoms with Crippen LogP contribution >= 0.6 is 11.3 Å². The number of amides is 2. The van der Waals surface area contributed by atoms with Crippen molar-refractivity contribution in [3.8, 4) is 0 Å². The van der Waals surface area contributed by atoms with Gasteiger partial charge >= 0.3 is 6.09 Å². The molecule has 0 bridgehead atoms. The molecule has 2 heterocycles. The number of hydrogen-bond donors (Lipinski definition) is 4. The highest BCUT2D eigenvalue weighted by Crippen LogP contribution is 2.40. The van der Waals surface area contributed by atoms with E-state index in [9.17, 15) is 9.59 Å². The molecule has 0 saturated heterocycles. The molecule has 1 aromatic carbocycles. The van der Waals surface area contributed by atoms with E-state index < -0.39 is 6.09 Å². The zero-order chi connectivity index (χ0) is 21.1. The van der Waals surface area contributed by atoms with Crippen LogP contribution in [0.15, 0.2) is 29.8 Å². The molecule has 3 unspecified atom stereocenters. The van der Waals surface area contributed by atoms with Crippen molar-refractivity contribution in [2.24, 2.45) is 5.92 Å². The van der Waals surface area contributed by atoms with Crippen LogP contribution in [-0.4, -0.2) is 38.3 Å². The third-order valence-corrected chi connectivity index (χ3v) is 6.61. The van der Waals surface area contributed by atoms with Crippen LogP contribution < -0.4 is 10.6 Å². The lowest BCUT2D eigenvalue weighted by atomic mass is 9.96. The molecule has 2 amide bonds. The number of thiazole rings is 1. The first-order valence-corrected chi connectivity index (χ1v) is 11.0. The van der Waals surface area contributed by atoms with Crippen molar-refractivity contribution in [1.29, 1.82) is 0 Å². The fraction of sp³-hybridized carbons (Fsp3) is 0.429. The van der Waals surface area contributed by atoms with Gasteiger partial charge in [-0.25, -0.2) is 9.78 Å². The van der Waals surface area contributed by atoms with Gasteiger partial charge in [-0.2, -0.15) is 5.10 Å². The second-order valence-corrected chi connectivity index (χ2v) is 8.87. The van der Waals surface area contributed by atoms with Crippen molar-refractivity contribution in [3.05, 3.63) is 41.0 Å². The number of H-pyrrole nitrogens is 1. The summed E-state index contributed by atoms with van der Waals surface area (Å²) >= 11 is 1.54. The third kappa shape index (κ3) is 4.79. The Kier molecular flexibility index (Phi) is 5.98. The molecule has 1 aliphatic rings. The van der Waals surface area contributed by atoms with Crippen LogP contribution in [0.3, 0.4) is 0 Å². The summed E-state index contributed by atoms with van der Waals surface area (Å²) in [4.78, 5) is 27.6. The van der Waals surface area contributed by atoms with Crippen molar-refractivity contribution in [1.82, 2.24) is 20.5 Å². The smallest absolute Gasteiger partial charge is 0.404 e. The first kappa shape index (κ1) is 20.3. The Morgan fingerprint density at radius 1 is 1.37 bits per heavy atom. The molecule has 1 fully saturated rings. The Hall–Kier alpha value is -2.94. The number of aromatic nitrogens is 3. The molecule has 3 aromatic rings. The molecule has 0 aliphatic heterocycles. The lowest BCUT2D eigenvalue weighted by molar-refractivity contribution is -0.115. The zero-order valence-electron chi connectivity index (χ0n) is 16.7. The Morgan fingerprint density at radius 3 is 3.07 bits per heavy atom. The van der Waals surface area contributed by atoms with Gasteiger partial charge in [0.05, 0.1) is 22.1 Å². The maximum atomic E-state index is 12.5. The largest absolute Gasteiger partial charge is 0.465 e. The highest BCUT2D eigenvalue weighted by molar-refractivity contribution is 7.17. The van der Waals surface area contributed by atoms with E-state index in [4.69, 9.17) is 5.11 Å². The van der Waals surface area contributed by atoms with E-state index in [0.717, 1.165) is 47.2 Å². The Morgan fingerprint density at radius 2 is 2.23 bits per heavy atom. The average molecular weight is 428 g/mol. The first-order valence-electron chi connectivity index (χ1n) is 10.1. The molecular formula is C21H25N5O3S. The van der Waals surface area contributed by atoms with Crippen LogP contribution in [0.25, 0.3) is 10.2 Å². The molecule has 1 aliphatic carbocycles. The summed E-state index contributed by atoms with van der Waals surface area (Å²) in [6.07, 6.45) is 3.24. The molecule has 3 atom stereocenters. The SMILES string of the molecule is CC(CC1CCC(c2cc(NC(=O)Cc3cccc4ncsc34)n[nH]2)C1)NC(=O)O. The highest BCUT2D eigenvalue weighted by Gasteiger charge is 2.28. The number of carbonyl (C=O) groups is 2. The van der Waals surface area contributed by atoms with Crippen molar-refractivity contribution in [2.75, 3.05) is 5.32 Å². The predicted molar refractivity (Wildman–Crippen MR) is 116 cm³/mol. The fourth-order valence-corrected chi connectivity index (χ4v) is 5.20. The quantitative estimate of drug-likeness (QED) is 0.452. The Balaban J connectivity index is 1.31. The standard InChI is InChI=1S/C21H25N5O3S/c1-12(23-21(28)29)7-13-5-6-14(8-13)17-10-18(26-25-17)24-19(27)9-15-3-2-4-16-20(15)30-11-22-16/h2-4,10-14,23H,5-9H2,1H3,(H,28,29)(H2,24,25,26,27). The summed E-state index contributed by atoms with van der Waals surface area (Å²) in [5.74, 6) is 1.27. The second kappa shape index (κ2) is 8.83. The number of benzene rings is 1. The molecule has 8 nitrogen and oxygen atoms in total. The lowest BCUT2D eigenvalue weighted by Gasteiger charge is -2.16. The number of carbonyl (C=O) groups excluding carboxylic acids is 1. The van der Waals surface area contributed by atoms with Crippen molar-refractivity contribution < 1.29 is 14.7 Å². The summed E-state index contributed by atoms with van der Waals surface area (Å²) in [6.45, 7) is 1.90. The van der Waals surface area contributed by atoms with E-state index in [1.165, 1.54) is 0 Å². The number of rotatable bonds is 7. The highest BCUT2D eigenvalue weighted by atomic mass is 32.1. The van der Waals surface area contributed by atoms with Gasteiger partial charge in [-0.05, 0) is 50.2 Å². The minimum atomic E-state index is -0.974. The van der Waals surface area contributed by atoms with Gasteiger partial charge in [0.1, 0.15) is 0 Å². The van der Waals surface area contributed by atoms with Gasteiger partial charge in [0.25, 0.3) is 0 Å². The number of nitrogens with zero attached hydrogens (tertiary/aromatic N) is 2. The number of aromatic amines is 1. The Bertz CT molecular complexity index is 1050. The maximum Gasteiger partial charge on any atom is 0.404 e. The summed E-state index contributed by atoms with van der Waals surface area (Å²) in [5.41, 5.74) is 4.69. The van der Waals surface area contributed by atoms with Gasteiger partial charge in [0, 0.05) is 23.7 Å². The number of carboxylic acid groups (broad SMARTS) is 1. The molecule has 1 saturated carbocycles. The van der Waals surface area contributed by atoms with Gasteiger partial charge in [0.15, 0.2) is 5.82 Å². The van der Waals surface area contributed by atoms with Crippen LogP contribution in [0.1, 0.15) is 49.8 Å². The average Bonchev–Trinajstić information content (AvgIpc) is 3.41. The minimum Gasteiger partial charge on any atom is -0.465 e. The molecule has 9 heteroatoms. The number of nitrogens with one attached hydrogen (secondary N) is 3. The summed E-state index contributed by atoms with van der Waals surface area (Å²) in [7, 11) is 0. The van der Waals surface area contributed by atoms with Gasteiger partial charge in [-0.1, -0.05) is 12.1 Å². The number of anilines is 1. The third-order valence-electron chi connectivity index (χ3n) is 5.69. The second-order valence-electron chi connectivity index (χ2n) is 8.01. The lowest BCUT2D eigenvalue weighted by Crippen LogP contribution is -2.32. The van der Waals surface area contributed by atoms with E-state index >= 15 is 0 Å². The molecular weight excluding hydrogens is 402 g/mol. The molecule has 158 valence electrons. The van der Waals surface area contributed by atoms with Crippen LogP contribution in [0.2, 0.25) is 0 Å². The van der Waals surface area contributed by atoms with E-state index in [2.05, 4.69) is 25.8 Å². The van der Waals surface area contributed by atoms with Crippen LogP contribution in [0.4, 0.5) is 10.6 Å². The van der Waals surface area contributed by atoms with E-state index in [1.807, 2.05) is 31.2 Å². The molecule has 2 aromatic heterocycles. The topological polar surface area (TPSA) is 120 Å². The maximum absolute atomic E-state index is 12.5. The van der Waals surface area contributed by atoms with Crippen molar-refractivity contribution in [3.63, 3.8) is 0 Å². The van der Waals surface area contributed by atoms with Gasteiger partial charge in [0.2, 0.25) is 5.91 Å². The van der Waals surface area contributed by atoms with Gasteiger partial charge in [-0.15, -0.1) is 11.3 Å². The summed E-state index contributed by atoms with van der Waals surface area (Å²) < 4.78 is 1.04. The molecule has 0 radical (unpaired) electrons. The van der Waals surface area contributed by atoms with E-state index in [0.29, 0.717) is 17.7 Å². The number of hydrogen-bond acceptors (Lipinski definition) is 5. The predicted octanol–water partition coefficient (Wildman–Crippen LogP) is 4.13. The fourth-order valence-electron chi connectivity index (χ4n) is 4.40. The van der Waals surface area contributed by atoms with E-state index in [1.54, 1.807) is 16.8 Å². The molecule has 30 heavy (non-hydrogen) atoms. The van der Waals surface area contributed by atoms with Crippen molar-refractivity contribution in [2.45, 2.75) is 51.0 Å². The first-order chi connectivity index (χ1) is 14.5. The molecule has 0 spiro atoms. The van der Waals surface area contributed by atoms with Crippen molar-refractivity contribution >= 4 is 39.4 Å². The molecule has 4 N–H and O–H groups in total. The van der Waals surface area contributed by atoms with Crippen LogP contribution in [-0.2, 0) is 11.2 Å². The monoisotopic (exact) mass is 427 g/mol. The zero-order valence-corrected chi connectivity index (χ0v) is 17.5. The van der Waals surface area contributed by atoms with Gasteiger partial charge < -0.3 is 15.7 Å². The minimum absolute atomic E-state index is 0.0501. The Labute approximate surface area is 178 Å². The summed E-state index contributed by atoms with van der Waals surface area (Å²) in [5, 5.41) is 21.6. The van der Waals surface area contributed by atoms with Crippen LogP contribution in [0, 0.1) is 5.92 Å². The van der Waals surface area contributed by atoms with Gasteiger partial charge in [-0.3, -0.25) is 9.89 Å². The molecule has 4 rings (SSSR count).